The standard InChI is InChI=1S/C16H25N5O3/c1-2-12-13(15(22)23)19-16(21-7-9-24-10-8-21)20-14(12)18-11-3-5-17-6-4-11/h11,17H,2-10H2,1H3,(H,22,23)(H,18,19,20). The van der Waals surface area contributed by atoms with E-state index < -0.39 is 5.97 Å². The summed E-state index contributed by atoms with van der Waals surface area (Å²) in [6.07, 6.45) is 2.59. The summed E-state index contributed by atoms with van der Waals surface area (Å²) >= 11 is 0. The second kappa shape index (κ2) is 7.76. The predicted octanol–water partition coefficient (Wildman–Crippen LogP) is 0.738. The minimum atomic E-state index is -1.00. The van der Waals surface area contributed by atoms with Crippen molar-refractivity contribution in [2.75, 3.05) is 49.6 Å². The van der Waals surface area contributed by atoms with Crippen LogP contribution in [0, 0.1) is 0 Å². The summed E-state index contributed by atoms with van der Waals surface area (Å²) in [6.45, 7) is 6.44. The van der Waals surface area contributed by atoms with E-state index in [0.717, 1.165) is 25.9 Å². The van der Waals surface area contributed by atoms with Crippen molar-refractivity contribution in [3.8, 4) is 0 Å². The van der Waals surface area contributed by atoms with Gasteiger partial charge in [-0.2, -0.15) is 4.98 Å². The normalized spacial score (nSPS) is 19.3. The first-order valence-electron chi connectivity index (χ1n) is 8.63. The highest BCUT2D eigenvalue weighted by Crippen LogP contribution is 2.24. The molecule has 0 saturated carbocycles. The number of ether oxygens (including phenoxy) is 1. The van der Waals surface area contributed by atoms with Gasteiger partial charge >= 0.3 is 5.97 Å². The van der Waals surface area contributed by atoms with Crippen molar-refractivity contribution in [2.24, 2.45) is 0 Å². The highest BCUT2D eigenvalue weighted by molar-refractivity contribution is 5.89. The lowest BCUT2D eigenvalue weighted by Gasteiger charge is -2.29. The van der Waals surface area contributed by atoms with E-state index in [4.69, 9.17) is 4.74 Å². The second-order valence-corrected chi connectivity index (χ2v) is 6.13. The van der Waals surface area contributed by atoms with E-state index in [9.17, 15) is 9.90 Å². The third kappa shape index (κ3) is 3.76. The molecule has 2 saturated heterocycles. The maximum atomic E-state index is 11.7. The Morgan fingerprint density at radius 2 is 2.04 bits per heavy atom. The first-order valence-corrected chi connectivity index (χ1v) is 8.63. The highest BCUT2D eigenvalue weighted by atomic mass is 16.5. The Balaban J connectivity index is 1.93. The maximum absolute atomic E-state index is 11.7. The Morgan fingerprint density at radius 3 is 2.67 bits per heavy atom. The molecule has 2 aliphatic rings. The fraction of sp³-hybridized carbons (Fsp3) is 0.688. The van der Waals surface area contributed by atoms with Crippen LogP contribution in [0.4, 0.5) is 11.8 Å². The van der Waals surface area contributed by atoms with Crippen molar-refractivity contribution in [1.29, 1.82) is 0 Å². The zero-order valence-electron chi connectivity index (χ0n) is 14.0. The molecule has 8 heteroatoms. The number of hydrogen-bond donors (Lipinski definition) is 3. The summed E-state index contributed by atoms with van der Waals surface area (Å²) in [4.78, 5) is 22.7. The van der Waals surface area contributed by atoms with Gasteiger partial charge in [-0.1, -0.05) is 6.92 Å². The number of carboxylic acid groups (broad SMARTS) is 1. The minimum Gasteiger partial charge on any atom is -0.476 e. The Kier molecular flexibility index (Phi) is 5.47. The van der Waals surface area contributed by atoms with Gasteiger partial charge in [0.05, 0.1) is 13.2 Å². The molecule has 0 atom stereocenters. The molecule has 3 heterocycles. The van der Waals surface area contributed by atoms with Gasteiger partial charge in [0.15, 0.2) is 5.69 Å². The van der Waals surface area contributed by atoms with Crippen molar-refractivity contribution in [2.45, 2.75) is 32.2 Å². The fourth-order valence-electron chi connectivity index (χ4n) is 3.17. The van der Waals surface area contributed by atoms with Gasteiger partial charge in [-0.25, -0.2) is 9.78 Å². The third-order valence-corrected chi connectivity index (χ3v) is 4.53. The van der Waals surface area contributed by atoms with Gasteiger partial charge in [0, 0.05) is 24.7 Å². The number of carboxylic acids is 1. The van der Waals surface area contributed by atoms with Crippen LogP contribution in [0.25, 0.3) is 0 Å². The number of aromatic nitrogens is 2. The quantitative estimate of drug-likeness (QED) is 0.724. The molecule has 0 amide bonds. The van der Waals surface area contributed by atoms with E-state index in [1.54, 1.807) is 0 Å². The Bertz CT molecular complexity index is 583. The number of carbonyl (C=O) groups is 1. The van der Waals surface area contributed by atoms with Crippen LogP contribution in [0.5, 0.6) is 0 Å². The van der Waals surface area contributed by atoms with E-state index >= 15 is 0 Å². The van der Waals surface area contributed by atoms with Crippen LogP contribution in [0.2, 0.25) is 0 Å². The monoisotopic (exact) mass is 335 g/mol. The maximum Gasteiger partial charge on any atom is 0.355 e. The number of nitrogens with one attached hydrogen (secondary N) is 2. The average Bonchev–Trinajstić information content (AvgIpc) is 2.62. The SMILES string of the molecule is CCc1c(NC2CCNCC2)nc(N2CCOCC2)nc1C(=O)O. The third-order valence-electron chi connectivity index (χ3n) is 4.53. The molecule has 2 fully saturated rings. The molecule has 132 valence electrons. The van der Waals surface area contributed by atoms with E-state index in [2.05, 4.69) is 20.6 Å². The van der Waals surface area contributed by atoms with Gasteiger partial charge in [-0.3, -0.25) is 0 Å². The van der Waals surface area contributed by atoms with Crippen molar-refractivity contribution >= 4 is 17.7 Å². The lowest BCUT2D eigenvalue weighted by atomic mass is 10.1. The minimum absolute atomic E-state index is 0.102. The Labute approximate surface area is 141 Å². The van der Waals surface area contributed by atoms with Crippen molar-refractivity contribution in [3.05, 3.63) is 11.3 Å². The van der Waals surface area contributed by atoms with Crippen LogP contribution >= 0.6 is 0 Å². The molecule has 1 aromatic heterocycles. The molecule has 8 nitrogen and oxygen atoms in total. The number of morpholine rings is 1. The molecule has 3 rings (SSSR count). The number of nitrogens with zero attached hydrogens (tertiary/aromatic N) is 3. The molecule has 3 N–H and O–H groups in total. The van der Waals surface area contributed by atoms with Crippen LogP contribution < -0.4 is 15.5 Å². The van der Waals surface area contributed by atoms with E-state index in [1.807, 2.05) is 11.8 Å². The van der Waals surface area contributed by atoms with Crippen LogP contribution in [0.3, 0.4) is 0 Å². The molecule has 0 radical (unpaired) electrons. The zero-order valence-corrected chi connectivity index (χ0v) is 14.0. The molecular formula is C16H25N5O3. The van der Waals surface area contributed by atoms with Crippen LogP contribution in [0.1, 0.15) is 35.8 Å². The highest BCUT2D eigenvalue weighted by Gasteiger charge is 2.24. The van der Waals surface area contributed by atoms with E-state index in [0.29, 0.717) is 56.1 Å². The first-order chi connectivity index (χ1) is 11.7. The molecule has 0 bridgehead atoms. The Hall–Kier alpha value is -1.93. The number of anilines is 2. The van der Waals surface area contributed by atoms with Gasteiger partial charge in [0.25, 0.3) is 0 Å². The molecule has 2 aliphatic heterocycles. The zero-order chi connectivity index (χ0) is 16.9. The van der Waals surface area contributed by atoms with E-state index in [-0.39, 0.29) is 5.69 Å². The molecule has 0 spiro atoms. The van der Waals surface area contributed by atoms with Gasteiger partial charge in [-0.15, -0.1) is 0 Å². The summed E-state index contributed by atoms with van der Waals surface area (Å²) in [5.41, 5.74) is 0.781. The van der Waals surface area contributed by atoms with Gasteiger partial charge in [0.1, 0.15) is 5.82 Å². The number of rotatable bonds is 5. The molecule has 1 aromatic rings. The lowest BCUT2D eigenvalue weighted by Crippen LogP contribution is -2.38. The van der Waals surface area contributed by atoms with Crippen molar-refractivity contribution in [3.63, 3.8) is 0 Å². The summed E-state index contributed by atoms with van der Waals surface area (Å²) < 4.78 is 5.36. The summed E-state index contributed by atoms with van der Waals surface area (Å²) in [5.74, 6) is 0.139. The number of hydrogen-bond acceptors (Lipinski definition) is 7. The van der Waals surface area contributed by atoms with E-state index in [1.165, 1.54) is 0 Å². The van der Waals surface area contributed by atoms with Gasteiger partial charge in [-0.05, 0) is 32.4 Å². The van der Waals surface area contributed by atoms with Gasteiger partial charge < -0.3 is 25.4 Å². The second-order valence-electron chi connectivity index (χ2n) is 6.13. The van der Waals surface area contributed by atoms with Crippen molar-refractivity contribution < 1.29 is 14.6 Å². The first kappa shape index (κ1) is 16.9. The largest absolute Gasteiger partial charge is 0.476 e. The smallest absolute Gasteiger partial charge is 0.355 e. The predicted molar refractivity (Wildman–Crippen MR) is 90.9 cm³/mol. The van der Waals surface area contributed by atoms with Crippen LogP contribution in [-0.4, -0.2) is 66.5 Å². The molecular weight excluding hydrogens is 310 g/mol. The average molecular weight is 335 g/mol. The summed E-state index contributed by atoms with van der Waals surface area (Å²) in [7, 11) is 0. The van der Waals surface area contributed by atoms with Crippen LogP contribution in [0.15, 0.2) is 0 Å². The molecule has 24 heavy (non-hydrogen) atoms. The fourth-order valence-corrected chi connectivity index (χ4v) is 3.17. The van der Waals surface area contributed by atoms with Crippen LogP contribution in [-0.2, 0) is 11.2 Å². The molecule has 0 unspecified atom stereocenters. The Morgan fingerprint density at radius 1 is 1.33 bits per heavy atom. The summed E-state index contributed by atoms with van der Waals surface area (Å²) in [5, 5.41) is 16.4. The van der Waals surface area contributed by atoms with Gasteiger partial charge in [0.2, 0.25) is 5.95 Å². The summed E-state index contributed by atoms with van der Waals surface area (Å²) in [6, 6.07) is 0.311. The number of piperidine rings is 1. The number of aromatic carboxylic acids is 1. The molecule has 0 aromatic carbocycles. The molecule has 0 aliphatic carbocycles. The van der Waals surface area contributed by atoms with Crippen molar-refractivity contribution in [1.82, 2.24) is 15.3 Å². The lowest BCUT2D eigenvalue weighted by molar-refractivity contribution is 0.0689. The topological polar surface area (TPSA) is 99.6 Å².